The Morgan fingerprint density at radius 3 is 2.53 bits per heavy atom. The first-order valence-electron chi connectivity index (χ1n) is 5.24. The summed E-state index contributed by atoms with van der Waals surface area (Å²) in [7, 11) is 1.62. The Morgan fingerprint density at radius 2 is 2.05 bits per heavy atom. The van der Waals surface area contributed by atoms with Crippen LogP contribution >= 0.6 is 44.1 Å². The summed E-state index contributed by atoms with van der Waals surface area (Å²) in [6.45, 7) is 1.82. The van der Waals surface area contributed by atoms with Crippen LogP contribution in [-0.2, 0) is 0 Å². The maximum Gasteiger partial charge on any atom is 0.216 e. The predicted molar refractivity (Wildman–Crippen MR) is 83.5 cm³/mol. The minimum Gasteiger partial charge on any atom is -0.494 e. The highest BCUT2D eigenvalue weighted by Gasteiger charge is 2.07. The van der Waals surface area contributed by atoms with Crippen molar-refractivity contribution in [3.63, 3.8) is 0 Å². The average Bonchev–Trinajstić information content (AvgIpc) is 2.66. The molecule has 0 atom stereocenters. The topological polar surface area (TPSA) is 55.2 Å². The first kappa shape index (κ1) is 14.4. The number of aryl methyl sites for hydroxylation is 1. The fourth-order valence-electron chi connectivity index (χ4n) is 1.48. The number of hydrogen-bond acceptors (Lipinski definition) is 4. The zero-order valence-electron chi connectivity index (χ0n) is 10.1. The first-order chi connectivity index (χ1) is 9.02. The molecule has 0 saturated heterocycles. The van der Waals surface area contributed by atoms with Crippen LogP contribution in [0, 0.1) is 11.7 Å². The molecule has 0 fully saturated rings. The quantitative estimate of drug-likeness (QED) is 0.626. The monoisotopic (exact) mass is 404 g/mol. The Bertz CT molecular complexity index is 669. The lowest BCUT2D eigenvalue weighted by molar-refractivity contribution is 0.409. The average molecular weight is 406 g/mol. The van der Waals surface area contributed by atoms with Gasteiger partial charge < -0.3 is 4.74 Å². The van der Waals surface area contributed by atoms with Gasteiger partial charge in [0.2, 0.25) is 4.77 Å². The largest absolute Gasteiger partial charge is 0.494 e. The van der Waals surface area contributed by atoms with Crippen molar-refractivity contribution in [3.8, 4) is 5.75 Å². The van der Waals surface area contributed by atoms with Crippen molar-refractivity contribution in [2.45, 2.75) is 6.92 Å². The summed E-state index contributed by atoms with van der Waals surface area (Å²) in [5, 5.41) is 10.9. The second-order valence-corrected chi connectivity index (χ2v) is 5.75. The third kappa shape index (κ3) is 3.13. The zero-order valence-corrected chi connectivity index (χ0v) is 14.1. The van der Waals surface area contributed by atoms with E-state index in [1.807, 2.05) is 19.1 Å². The SMILES string of the molecule is COc1c(Br)cc(/C=N\n2c(C)n[nH]c2=S)cc1Br. The molecule has 0 saturated carbocycles. The highest BCUT2D eigenvalue weighted by molar-refractivity contribution is 9.11. The molecule has 8 heteroatoms. The summed E-state index contributed by atoms with van der Waals surface area (Å²) < 4.78 is 8.95. The molecular formula is C11H10Br2N4OS. The minimum absolute atomic E-state index is 0.459. The molecule has 0 amide bonds. The van der Waals surface area contributed by atoms with Gasteiger partial charge in [0.25, 0.3) is 0 Å². The molecule has 1 heterocycles. The molecule has 0 aliphatic heterocycles. The fraction of sp³-hybridized carbons (Fsp3) is 0.182. The molecule has 2 aromatic rings. The number of H-pyrrole nitrogens is 1. The first-order valence-corrected chi connectivity index (χ1v) is 7.23. The number of aromatic nitrogens is 3. The third-order valence-electron chi connectivity index (χ3n) is 2.36. The maximum atomic E-state index is 5.24. The van der Waals surface area contributed by atoms with Crippen molar-refractivity contribution in [2.75, 3.05) is 7.11 Å². The minimum atomic E-state index is 0.459. The number of nitrogens with one attached hydrogen (secondary N) is 1. The normalized spacial score (nSPS) is 11.2. The molecule has 0 aliphatic carbocycles. The Hall–Kier alpha value is -0.990. The summed E-state index contributed by atoms with van der Waals surface area (Å²) in [5.41, 5.74) is 0.905. The Balaban J connectivity index is 2.37. The highest BCUT2D eigenvalue weighted by Crippen LogP contribution is 2.33. The van der Waals surface area contributed by atoms with Gasteiger partial charge in [0, 0.05) is 0 Å². The number of hydrogen-bond donors (Lipinski definition) is 1. The predicted octanol–water partition coefficient (Wildman–Crippen LogP) is 3.66. The number of nitrogens with zero attached hydrogens (tertiary/aromatic N) is 3. The standard InChI is InChI=1S/C11H10Br2N4OS/c1-6-15-16-11(19)17(6)14-5-7-3-8(12)10(18-2)9(13)4-7/h3-5H,1-2H3,(H,16,19)/b14-5-. The molecule has 0 aliphatic rings. The van der Waals surface area contributed by atoms with Crippen LogP contribution in [0.5, 0.6) is 5.75 Å². The third-order valence-corrected chi connectivity index (χ3v) is 3.80. The van der Waals surface area contributed by atoms with Crippen molar-refractivity contribution in [3.05, 3.63) is 37.2 Å². The molecule has 5 nitrogen and oxygen atoms in total. The zero-order chi connectivity index (χ0) is 14.0. The molecule has 1 N–H and O–H groups in total. The van der Waals surface area contributed by atoms with Crippen molar-refractivity contribution < 1.29 is 4.74 Å². The van der Waals surface area contributed by atoms with Crippen LogP contribution in [-0.4, -0.2) is 28.2 Å². The Morgan fingerprint density at radius 1 is 1.42 bits per heavy atom. The Kier molecular flexibility index (Phi) is 4.54. The van der Waals surface area contributed by atoms with Crippen LogP contribution in [0.3, 0.4) is 0 Å². The van der Waals surface area contributed by atoms with Crippen molar-refractivity contribution in [1.29, 1.82) is 0 Å². The van der Waals surface area contributed by atoms with E-state index in [1.165, 1.54) is 0 Å². The van der Waals surface area contributed by atoms with E-state index in [2.05, 4.69) is 47.2 Å². The summed E-state index contributed by atoms with van der Waals surface area (Å²) in [5.74, 6) is 1.45. The second kappa shape index (κ2) is 5.98. The Labute approximate surface area is 131 Å². The molecule has 19 heavy (non-hydrogen) atoms. The van der Waals surface area contributed by atoms with E-state index in [0.29, 0.717) is 10.6 Å². The van der Waals surface area contributed by atoms with Gasteiger partial charge >= 0.3 is 0 Å². The summed E-state index contributed by atoms with van der Waals surface area (Å²) in [6.07, 6.45) is 1.70. The van der Waals surface area contributed by atoms with E-state index in [1.54, 1.807) is 18.0 Å². The molecular weight excluding hydrogens is 396 g/mol. The van der Waals surface area contributed by atoms with Gasteiger partial charge in [-0.3, -0.25) is 5.10 Å². The molecule has 0 radical (unpaired) electrons. The number of rotatable bonds is 3. The van der Waals surface area contributed by atoms with Crippen LogP contribution in [0.15, 0.2) is 26.2 Å². The summed E-state index contributed by atoms with van der Waals surface area (Å²) in [4.78, 5) is 0. The van der Waals surface area contributed by atoms with Crippen molar-refractivity contribution >= 4 is 50.3 Å². The van der Waals surface area contributed by atoms with E-state index >= 15 is 0 Å². The van der Waals surface area contributed by atoms with E-state index in [-0.39, 0.29) is 0 Å². The van der Waals surface area contributed by atoms with Gasteiger partial charge in [0.05, 0.1) is 22.3 Å². The summed E-state index contributed by atoms with van der Waals surface area (Å²) >= 11 is 12.0. The number of ether oxygens (including phenoxy) is 1. The van der Waals surface area contributed by atoms with Gasteiger partial charge in [-0.2, -0.15) is 14.9 Å². The number of halogens is 2. The summed E-state index contributed by atoms with van der Waals surface area (Å²) in [6, 6.07) is 3.82. The van der Waals surface area contributed by atoms with E-state index in [4.69, 9.17) is 17.0 Å². The van der Waals surface area contributed by atoms with Gasteiger partial charge in [0.1, 0.15) is 11.6 Å². The molecule has 0 spiro atoms. The van der Waals surface area contributed by atoms with Gasteiger partial charge in [-0.25, -0.2) is 0 Å². The van der Waals surface area contributed by atoms with Gasteiger partial charge in [-0.15, -0.1) is 0 Å². The number of methoxy groups -OCH3 is 1. The van der Waals surface area contributed by atoms with Crippen LogP contribution in [0.25, 0.3) is 0 Å². The van der Waals surface area contributed by atoms with Crippen LogP contribution in [0.2, 0.25) is 0 Å². The number of benzene rings is 1. The van der Waals surface area contributed by atoms with Gasteiger partial charge in [0.15, 0.2) is 0 Å². The lowest BCUT2D eigenvalue weighted by Crippen LogP contribution is -1.95. The molecule has 1 aromatic carbocycles. The molecule has 0 bridgehead atoms. The second-order valence-electron chi connectivity index (χ2n) is 3.65. The molecule has 0 unspecified atom stereocenters. The van der Waals surface area contributed by atoms with Crippen LogP contribution < -0.4 is 4.74 Å². The molecule has 2 rings (SSSR count). The van der Waals surface area contributed by atoms with E-state index in [0.717, 1.165) is 20.3 Å². The van der Waals surface area contributed by atoms with Gasteiger partial charge in [-0.1, -0.05) is 0 Å². The fourth-order valence-corrected chi connectivity index (χ4v) is 3.25. The maximum absolute atomic E-state index is 5.24. The van der Waals surface area contributed by atoms with Crippen molar-refractivity contribution in [1.82, 2.24) is 14.9 Å². The smallest absolute Gasteiger partial charge is 0.216 e. The molecule has 100 valence electrons. The van der Waals surface area contributed by atoms with Crippen LogP contribution in [0.4, 0.5) is 0 Å². The van der Waals surface area contributed by atoms with Gasteiger partial charge in [-0.05, 0) is 68.7 Å². The van der Waals surface area contributed by atoms with E-state index < -0.39 is 0 Å². The van der Waals surface area contributed by atoms with E-state index in [9.17, 15) is 0 Å². The van der Waals surface area contributed by atoms with Crippen molar-refractivity contribution in [2.24, 2.45) is 5.10 Å². The lowest BCUT2D eigenvalue weighted by atomic mass is 10.2. The lowest BCUT2D eigenvalue weighted by Gasteiger charge is -2.06. The highest BCUT2D eigenvalue weighted by atomic mass is 79.9. The van der Waals surface area contributed by atoms with Crippen LogP contribution in [0.1, 0.15) is 11.4 Å². The number of aromatic amines is 1. The molecule has 1 aromatic heterocycles.